The molecule has 0 radical (unpaired) electrons. The van der Waals surface area contributed by atoms with Gasteiger partial charge < -0.3 is 15.0 Å². The molecule has 1 amide bonds. The van der Waals surface area contributed by atoms with E-state index in [1.165, 1.54) is 0 Å². The maximum atomic E-state index is 12.7. The van der Waals surface area contributed by atoms with Crippen molar-refractivity contribution >= 4 is 23.3 Å². The van der Waals surface area contributed by atoms with Crippen LogP contribution in [0.4, 0.5) is 0 Å². The lowest BCUT2D eigenvalue weighted by Crippen LogP contribution is -2.45. The Kier molecular flexibility index (Phi) is 5.22. The summed E-state index contributed by atoms with van der Waals surface area (Å²) in [4.78, 5) is 18.3. The lowest BCUT2D eigenvalue weighted by atomic mass is 10.1. The van der Waals surface area contributed by atoms with E-state index < -0.39 is 0 Å². The first-order chi connectivity index (χ1) is 12.8. The van der Waals surface area contributed by atoms with Crippen LogP contribution in [0.1, 0.15) is 28.9 Å². The summed E-state index contributed by atoms with van der Waals surface area (Å²) in [6, 6.07) is 14.0. The average molecular weight is 366 g/mol. The van der Waals surface area contributed by atoms with Crippen molar-refractivity contribution in [1.82, 2.24) is 20.0 Å². The Hall–Kier alpha value is -2.31. The highest BCUT2D eigenvalue weighted by atomic mass is 32.2. The van der Waals surface area contributed by atoms with Gasteiger partial charge in [-0.25, -0.2) is 4.98 Å². The van der Waals surface area contributed by atoms with Gasteiger partial charge in [-0.15, -0.1) is 11.8 Å². The molecule has 0 bridgehead atoms. The summed E-state index contributed by atoms with van der Waals surface area (Å²) >= 11 is 1.65. The maximum Gasteiger partial charge on any atom is 0.252 e. The molecule has 2 N–H and O–H groups in total. The molecule has 0 spiro atoms. The number of hydrogen-bond donors (Lipinski definition) is 2. The largest absolute Gasteiger partial charge is 0.348 e. The summed E-state index contributed by atoms with van der Waals surface area (Å²) in [7, 11) is 0. The molecule has 5 nitrogen and oxygen atoms in total. The molecule has 2 aromatic heterocycles. The molecule has 134 valence electrons. The number of rotatable bonds is 5. The minimum absolute atomic E-state index is 0.0109. The van der Waals surface area contributed by atoms with Gasteiger partial charge in [-0.1, -0.05) is 18.2 Å². The predicted octanol–water partition coefficient (Wildman–Crippen LogP) is 3.11. The van der Waals surface area contributed by atoms with E-state index in [1.807, 2.05) is 59.3 Å². The zero-order chi connectivity index (χ0) is 17.8. The molecule has 0 aliphatic carbocycles. The Bertz CT molecular complexity index is 868. The fourth-order valence-corrected chi connectivity index (χ4v) is 4.16. The van der Waals surface area contributed by atoms with Crippen LogP contribution in [0, 0.1) is 0 Å². The van der Waals surface area contributed by atoms with Crippen molar-refractivity contribution in [2.24, 2.45) is 0 Å². The Morgan fingerprint density at radius 2 is 2.15 bits per heavy atom. The Morgan fingerprint density at radius 1 is 1.27 bits per heavy atom. The molecular formula is C20H22N4OS. The number of aromatic nitrogens is 2. The summed E-state index contributed by atoms with van der Waals surface area (Å²) in [5, 5.41) is 6.50. The standard InChI is InChI=1S/C20H22N4OS/c25-20(23-15-6-5-10-21-12-15)17-7-1-2-8-18(17)26-14-16-13-24-11-4-3-9-19(24)22-16/h1-4,7-9,11,13,15,21H,5-6,10,12,14H2,(H,23,25). The second kappa shape index (κ2) is 7.93. The monoisotopic (exact) mass is 366 g/mol. The molecule has 4 rings (SSSR count). The van der Waals surface area contributed by atoms with Gasteiger partial charge in [0.05, 0.1) is 11.3 Å². The van der Waals surface area contributed by atoms with Gasteiger partial charge in [0.2, 0.25) is 0 Å². The molecule has 1 aliphatic rings. The third-order valence-electron chi connectivity index (χ3n) is 4.55. The van der Waals surface area contributed by atoms with Gasteiger partial charge in [0, 0.05) is 35.6 Å². The van der Waals surface area contributed by atoms with E-state index >= 15 is 0 Å². The van der Waals surface area contributed by atoms with Gasteiger partial charge in [-0.3, -0.25) is 4.79 Å². The van der Waals surface area contributed by atoms with Crippen LogP contribution in [0.5, 0.6) is 0 Å². The molecule has 1 unspecified atom stereocenters. The van der Waals surface area contributed by atoms with Crippen LogP contribution in [0.3, 0.4) is 0 Å². The summed E-state index contributed by atoms with van der Waals surface area (Å²) in [5.74, 6) is 0.744. The number of piperidine rings is 1. The molecule has 26 heavy (non-hydrogen) atoms. The van der Waals surface area contributed by atoms with Crippen LogP contribution < -0.4 is 10.6 Å². The van der Waals surface area contributed by atoms with Crippen LogP contribution in [-0.2, 0) is 5.75 Å². The SMILES string of the molecule is O=C(NC1CCCNC1)c1ccccc1SCc1cn2ccccc2n1. The zero-order valence-electron chi connectivity index (χ0n) is 14.5. The van der Waals surface area contributed by atoms with E-state index in [0.29, 0.717) is 0 Å². The van der Waals surface area contributed by atoms with Crippen LogP contribution in [0.2, 0.25) is 0 Å². The number of thioether (sulfide) groups is 1. The third-order valence-corrected chi connectivity index (χ3v) is 5.66. The number of pyridine rings is 1. The smallest absolute Gasteiger partial charge is 0.252 e. The highest BCUT2D eigenvalue weighted by molar-refractivity contribution is 7.98. The molecule has 1 fully saturated rings. The molecule has 1 atom stereocenters. The van der Waals surface area contributed by atoms with Crippen molar-refractivity contribution in [3.05, 3.63) is 66.1 Å². The van der Waals surface area contributed by atoms with Crippen molar-refractivity contribution in [3.8, 4) is 0 Å². The summed E-state index contributed by atoms with van der Waals surface area (Å²) in [6.07, 6.45) is 6.18. The second-order valence-electron chi connectivity index (χ2n) is 6.50. The first-order valence-electron chi connectivity index (χ1n) is 8.95. The van der Waals surface area contributed by atoms with E-state index in [1.54, 1.807) is 11.8 Å². The lowest BCUT2D eigenvalue weighted by molar-refractivity contribution is 0.0927. The third kappa shape index (κ3) is 3.92. The van der Waals surface area contributed by atoms with Gasteiger partial charge in [-0.05, 0) is 43.7 Å². The normalized spacial score (nSPS) is 17.3. The second-order valence-corrected chi connectivity index (χ2v) is 7.52. The van der Waals surface area contributed by atoms with Gasteiger partial charge in [0.15, 0.2) is 0 Å². The number of carbonyl (C=O) groups excluding carboxylic acids is 1. The summed E-state index contributed by atoms with van der Waals surface area (Å²) in [5.41, 5.74) is 2.69. The van der Waals surface area contributed by atoms with E-state index in [4.69, 9.17) is 0 Å². The molecule has 1 aliphatic heterocycles. The average Bonchev–Trinajstić information content (AvgIpc) is 3.10. The van der Waals surface area contributed by atoms with Gasteiger partial charge in [-0.2, -0.15) is 0 Å². The van der Waals surface area contributed by atoms with Crippen molar-refractivity contribution in [2.45, 2.75) is 29.5 Å². The Labute approximate surface area is 157 Å². The number of hydrogen-bond acceptors (Lipinski definition) is 4. The van der Waals surface area contributed by atoms with E-state index in [9.17, 15) is 4.79 Å². The van der Waals surface area contributed by atoms with E-state index in [2.05, 4.69) is 15.6 Å². The summed E-state index contributed by atoms with van der Waals surface area (Å²) in [6.45, 7) is 1.89. The first-order valence-corrected chi connectivity index (χ1v) is 9.94. The number of carbonyl (C=O) groups is 1. The molecule has 3 heterocycles. The molecule has 1 saturated heterocycles. The van der Waals surface area contributed by atoms with Crippen molar-refractivity contribution in [3.63, 3.8) is 0 Å². The minimum Gasteiger partial charge on any atom is -0.348 e. The zero-order valence-corrected chi connectivity index (χ0v) is 15.3. The van der Waals surface area contributed by atoms with Crippen molar-refractivity contribution in [2.75, 3.05) is 13.1 Å². The Balaban J connectivity index is 1.45. The highest BCUT2D eigenvalue weighted by Gasteiger charge is 2.18. The van der Waals surface area contributed by atoms with Crippen molar-refractivity contribution < 1.29 is 4.79 Å². The maximum absolute atomic E-state index is 12.7. The fraction of sp³-hybridized carbons (Fsp3) is 0.300. The number of nitrogens with zero attached hydrogens (tertiary/aromatic N) is 2. The van der Waals surface area contributed by atoms with Crippen LogP contribution in [-0.4, -0.2) is 34.4 Å². The van der Waals surface area contributed by atoms with E-state index in [0.717, 1.165) is 53.5 Å². The molecule has 0 saturated carbocycles. The topological polar surface area (TPSA) is 58.4 Å². The quantitative estimate of drug-likeness (QED) is 0.681. The summed E-state index contributed by atoms with van der Waals surface area (Å²) < 4.78 is 2.02. The Morgan fingerprint density at radius 3 is 3.00 bits per heavy atom. The number of fused-ring (bicyclic) bond motifs is 1. The minimum atomic E-state index is 0.0109. The molecule has 3 aromatic rings. The molecular weight excluding hydrogens is 344 g/mol. The number of amides is 1. The van der Waals surface area contributed by atoms with Gasteiger partial charge >= 0.3 is 0 Å². The predicted molar refractivity (Wildman–Crippen MR) is 105 cm³/mol. The fourth-order valence-electron chi connectivity index (χ4n) is 3.23. The first kappa shape index (κ1) is 17.1. The van der Waals surface area contributed by atoms with Crippen LogP contribution >= 0.6 is 11.8 Å². The number of imidazole rings is 1. The molecule has 6 heteroatoms. The van der Waals surface area contributed by atoms with Crippen LogP contribution in [0.15, 0.2) is 59.8 Å². The highest BCUT2D eigenvalue weighted by Crippen LogP contribution is 2.26. The van der Waals surface area contributed by atoms with Gasteiger partial charge in [0.1, 0.15) is 5.65 Å². The number of benzene rings is 1. The van der Waals surface area contributed by atoms with Crippen LogP contribution in [0.25, 0.3) is 5.65 Å². The number of nitrogens with one attached hydrogen (secondary N) is 2. The lowest BCUT2D eigenvalue weighted by Gasteiger charge is -2.24. The molecule has 1 aromatic carbocycles. The van der Waals surface area contributed by atoms with Gasteiger partial charge in [0.25, 0.3) is 5.91 Å². The van der Waals surface area contributed by atoms with E-state index in [-0.39, 0.29) is 11.9 Å². The van der Waals surface area contributed by atoms with Crippen molar-refractivity contribution in [1.29, 1.82) is 0 Å².